The summed E-state index contributed by atoms with van der Waals surface area (Å²) in [5.74, 6) is -10.4. The van der Waals surface area contributed by atoms with Crippen LogP contribution in [0, 0.1) is 23.2 Å². The van der Waals surface area contributed by atoms with Crippen LogP contribution in [0.4, 0.5) is 4.79 Å². The standard InChI is InChI=1S/C51H93N15O14/c1-14-31(41(71)63-34(22-27(4)5)43(73)62-32(18-16-20-57-49(55)79)45(75)66-51(12,13)47(78)65-36(46(76)77)23-28(6)7)61-39(69)29(8)59-42(72)33(21-26(2)3)64-44(74)35(24-38(68)80-50(9,10)11)60-37(67)25-58-40(70)30(52)17-15-19-56-48(53)54/h26-36H,14-25,52H2,1-13H3,(H,58,70)(H,59,72)(H,60,67)(H,61,69)(H,62,73)(H,63,71)(H,64,74)(H,65,78)(H,66,75)(H,76,77)(H4,53,54,56)(H3,55,57,79)/t29-,30-,31-,32-,33-,34-,35-,36-/m0/s1. The summed E-state index contributed by atoms with van der Waals surface area (Å²) < 4.78 is 5.38. The molecule has 0 aliphatic heterocycles. The number of rotatable bonds is 36. The molecule has 0 rings (SSSR count). The quantitative estimate of drug-likeness (QED) is 0.0137. The molecule has 0 aliphatic carbocycles. The van der Waals surface area contributed by atoms with Crippen molar-refractivity contribution in [2.75, 3.05) is 19.6 Å². The van der Waals surface area contributed by atoms with E-state index in [1.165, 1.54) is 20.8 Å². The smallest absolute Gasteiger partial charge is 0.326 e. The van der Waals surface area contributed by atoms with E-state index in [2.05, 4.69) is 58.5 Å². The summed E-state index contributed by atoms with van der Waals surface area (Å²) in [5.41, 5.74) is 13.7. The molecule has 0 fully saturated rings. The maximum Gasteiger partial charge on any atom is 0.326 e. The number of guanidine groups is 1. The summed E-state index contributed by atoms with van der Waals surface area (Å²) in [6.45, 7) is 20.6. The third kappa shape index (κ3) is 30.7. The van der Waals surface area contributed by atoms with Crippen LogP contribution in [-0.2, 0) is 57.5 Å². The zero-order valence-electron chi connectivity index (χ0n) is 48.8. The number of hydrogen-bond acceptors (Lipinski definition) is 15. The molecule has 456 valence electrons. The molecule has 0 aromatic carbocycles. The Hall–Kier alpha value is -7.33. The normalized spacial score (nSPS) is 14.5. The summed E-state index contributed by atoms with van der Waals surface area (Å²) in [6, 6.07) is -11.3. The highest BCUT2D eigenvalue weighted by Gasteiger charge is 2.37. The van der Waals surface area contributed by atoms with Gasteiger partial charge in [0.05, 0.1) is 19.0 Å². The molecule has 11 amide bonds. The molecule has 19 N–H and O–H groups in total. The van der Waals surface area contributed by atoms with E-state index < -0.39 is 144 Å². The largest absolute Gasteiger partial charge is 0.480 e. The second-order valence-electron chi connectivity index (χ2n) is 22.4. The predicted molar refractivity (Wildman–Crippen MR) is 295 cm³/mol. The molecule has 0 saturated heterocycles. The van der Waals surface area contributed by atoms with Crippen LogP contribution in [0.15, 0.2) is 0 Å². The van der Waals surface area contributed by atoms with Crippen molar-refractivity contribution < 1.29 is 67.4 Å². The lowest BCUT2D eigenvalue weighted by Gasteiger charge is -2.31. The van der Waals surface area contributed by atoms with E-state index in [9.17, 15) is 62.6 Å². The first-order valence-electron chi connectivity index (χ1n) is 26.9. The number of primary amides is 1. The molecular weight excluding hydrogens is 1050 g/mol. The Morgan fingerprint density at radius 2 is 1.00 bits per heavy atom. The number of urea groups is 1. The first-order chi connectivity index (χ1) is 36.9. The van der Waals surface area contributed by atoms with Crippen molar-refractivity contribution in [2.24, 2.45) is 35.0 Å². The van der Waals surface area contributed by atoms with E-state index in [4.69, 9.17) is 27.3 Å². The lowest BCUT2D eigenvalue weighted by molar-refractivity contribution is -0.156. The molecule has 0 bridgehead atoms. The van der Waals surface area contributed by atoms with Crippen LogP contribution < -0.4 is 75.7 Å². The Bertz CT molecular complexity index is 2150. The van der Waals surface area contributed by atoms with Gasteiger partial charge in [0.25, 0.3) is 0 Å². The van der Waals surface area contributed by atoms with Gasteiger partial charge in [-0.2, -0.15) is 0 Å². The van der Waals surface area contributed by atoms with E-state index >= 15 is 0 Å². The van der Waals surface area contributed by atoms with Gasteiger partial charge in [-0.25, -0.2) is 9.59 Å². The Labute approximate surface area is 469 Å². The van der Waals surface area contributed by atoms with Crippen molar-refractivity contribution in [3.63, 3.8) is 0 Å². The second kappa shape index (κ2) is 35.3. The summed E-state index contributed by atoms with van der Waals surface area (Å²) in [7, 11) is 0. The number of carboxylic acids is 1. The third-order valence-electron chi connectivity index (χ3n) is 11.6. The van der Waals surface area contributed by atoms with Gasteiger partial charge < -0.3 is 85.5 Å². The van der Waals surface area contributed by atoms with Gasteiger partial charge in [-0.15, -0.1) is 0 Å². The topological polar surface area (TPSA) is 469 Å². The van der Waals surface area contributed by atoms with Crippen molar-refractivity contribution in [1.82, 2.24) is 58.5 Å². The minimum Gasteiger partial charge on any atom is -0.480 e. The van der Waals surface area contributed by atoms with Crippen LogP contribution in [0.5, 0.6) is 0 Å². The molecule has 0 saturated carbocycles. The highest BCUT2D eigenvalue weighted by atomic mass is 16.6. The van der Waals surface area contributed by atoms with E-state index in [0.29, 0.717) is 6.42 Å². The molecule has 0 aromatic heterocycles. The molecule has 29 heteroatoms. The fourth-order valence-electron chi connectivity index (χ4n) is 7.50. The molecule has 0 spiro atoms. The van der Waals surface area contributed by atoms with Gasteiger partial charge in [0.2, 0.25) is 53.2 Å². The maximum atomic E-state index is 14.0. The zero-order valence-corrected chi connectivity index (χ0v) is 48.8. The molecule has 29 nitrogen and oxygen atoms in total. The van der Waals surface area contributed by atoms with Crippen molar-refractivity contribution in [1.29, 1.82) is 5.41 Å². The van der Waals surface area contributed by atoms with Gasteiger partial charge in [0.1, 0.15) is 53.4 Å². The summed E-state index contributed by atoms with van der Waals surface area (Å²) in [5, 5.41) is 44.5. The van der Waals surface area contributed by atoms with E-state index in [-0.39, 0.29) is 81.7 Å². The van der Waals surface area contributed by atoms with Gasteiger partial charge in [0.15, 0.2) is 5.96 Å². The highest BCUT2D eigenvalue weighted by molar-refractivity contribution is 5.99. The van der Waals surface area contributed by atoms with E-state index in [1.54, 1.807) is 69.2 Å². The van der Waals surface area contributed by atoms with Crippen LogP contribution in [0.1, 0.15) is 148 Å². The summed E-state index contributed by atoms with van der Waals surface area (Å²) in [4.78, 5) is 158. The van der Waals surface area contributed by atoms with E-state index in [1.807, 2.05) is 0 Å². The van der Waals surface area contributed by atoms with Crippen LogP contribution in [0.2, 0.25) is 0 Å². The third-order valence-corrected chi connectivity index (χ3v) is 11.6. The minimum atomic E-state index is -1.68. The van der Waals surface area contributed by atoms with Crippen LogP contribution in [0.25, 0.3) is 0 Å². The predicted octanol–water partition coefficient (Wildman–Crippen LogP) is -2.19. The van der Waals surface area contributed by atoms with Crippen molar-refractivity contribution >= 4 is 77.1 Å². The SMILES string of the molecule is CC[C@H](NC(=O)[C@H](C)NC(=O)[C@H](CC(C)C)NC(=O)[C@H](CC(=O)OC(C)(C)C)NC(=O)CNC(=O)[C@@H](N)CCCNC(=N)N)C(=O)N[C@@H](CC(C)C)C(=O)N[C@@H](CCCNC(N)=O)C(=O)NC(C)(C)C(=O)N[C@@H](CC(C)C)C(=O)O. The molecule has 0 aromatic rings. The summed E-state index contributed by atoms with van der Waals surface area (Å²) >= 11 is 0. The lowest BCUT2D eigenvalue weighted by Crippen LogP contribution is -2.62. The minimum absolute atomic E-state index is 0.00356. The van der Waals surface area contributed by atoms with E-state index in [0.717, 1.165) is 0 Å². The number of carboxylic acid groups (broad SMARTS) is 1. The monoisotopic (exact) mass is 1140 g/mol. The average molecular weight is 1140 g/mol. The first-order valence-corrected chi connectivity index (χ1v) is 26.9. The van der Waals surface area contributed by atoms with Gasteiger partial charge >= 0.3 is 18.0 Å². The molecule has 0 radical (unpaired) electrons. The number of aliphatic carboxylic acids is 1. The maximum absolute atomic E-state index is 14.0. The Balaban J connectivity index is 6.32. The van der Waals surface area contributed by atoms with Gasteiger partial charge in [-0.05, 0) is 111 Å². The molecule has 80 heavy (non-hydrogen) atoms. The van der Waals surface area contributed by atoms with Gasteiger partial charge in [0, 0.05) is 13.1 Å². The molecule has 0 heterocycles. The average Bonchev–Trinajstić information content (AvgIpc) is 3.31. The first kappa shape index (κ1) is 72.7. The number of nitrogens with one attached hydrogen (secondary N) is 12. The number of nitrogens with two attached hydrogens (primary N) is 3. The molecule has 0 unspecified atom stereocenters. The van der Waals surface area contributed by atoms with Crippen molar-refractivity contribution in [3.8, 4) is 0 Å². The number of amides is 11. The number of hydrogen-bond donors (Lipinski definition) is 16. The van der Waals surface area contributed by atoms with Crippen LogP contribution in [-0.4, -0.2) is 161 Å². The van der Waals surface area contributed by atoms with Crippen molar-refractivity contribution in [3.05, 3.63) is 0 Å². The molecule has 0 aliphatic rings. The van der Waals surface area contributed by atoms with Crippen LogP contribution >= 0.6 is 0 Å². The number of carbonyl (C=O) groups excluding carboxylic acids is 11. The van der Waals surface area contributed by atoms with Gasteiger partial charge in [-0.1, -0.05) is 48.5 Å². The number of carbonyl (C=O) groups is 12. The number of ether oxygens (including phenoxy) is 1. The van der Waals surface area contributed by atoms with Crippen molar-refractivity contribution in [2.45, 2.75) is 207 Å². The Morgan fingerprint density at radius 3 is 1.49 bits per heavy atom. The van der Waals surface area contributed by atoms with Crippen LogP contribution in [0.3, 0.4) is 0 Å². The Morgan fingerprint density at radius 1 is 0.537 bits per heavy atom. The fourth-order valence-corrected chi connectivity index (χ4v) is 7.50. The molecule has 8 atom stereocenters. The zero-order chi connectivity index (χ0) is 61.8. The Kier molecular flexibility index (Phi) is 32.1. The lowest BCUT2D eigenvalue weighted by atomic mass is 9.98. The van der Waals surface area contributed by atoms with Gasteiger partial charge in [-0.3, -0.25) is 53.4 Å². The fraction of sp³-hybridized carbons (Fsp3) is 0.745. The summed E-state index contributed by atoms with van der Waals surface area (Å²) in [6.07, 6.45) is 0.0806. The number of esters is 1. The molecular formula is C51H93N15O14. The second-order valence-corrected chi connectivity index (χ2v) is 22.4. The highest BCUT2D eigenvalue weighted by Crippen LogP contribution is 2.14.